The molecule has 6 heteroatoms. The molecule has 0 bridgehead atoms. The van der Waals surface area contributed by atoms with Crippen LogP contribution in [0.15, 0.2) is 83.7 Å². The average molecular weight is 404 g/mol. The maximum absolute atomic E-state index is 13.1. The number of halogens is 1. The molecule has 0 saturated heterocycles. The molecule has 0 atom stereocenters. The van der Waals surface area contributed by atoms with Crippen molar-refractivity contribution >= 4 is 28.4 Å². The summed E-state index contributed by atoms with van der Waals surface area (Å²) in [4.78, 5) is 34.5. The Kier molecular flexibility index (Phi) is 5.40. The van der Waals surface area contributed by atoms with Gasteiger partial charge in [-0.3, -0.25) is 9.59 Å². The smallest absolute Gasteiger partial charge is 0.258 e. The molecule has 0 unspecified atom stereocenters. The van der Waals surface area contributed by atoms with Crippen LogP contribution < -0.4 is 5.56 Å². The lowest BCUT2D eigenvalue weighted by molar-refractivity contribution is 0.0725. The molecule has 1 N–H and O–H groups in total. The Morgan fingerprint density at radius 2 is 1.59 bits per heavy atom. The van der Waals surface area contributed by atoms with Gasteiger partial charge in [0.15, 0.2) is 0 Å². The normalized spacial score (nSPS) is 10.8. The second-order valence-electron chi connectivity index (χ2n) is 6.68. The molecule has 0 aliphatic carbocycles. The molecule has 1 heterocycles. The molecule has 3 aromatic carbocycles. The first kappa shape index (κ1) is 18.9. The number of para-hydroxylation sites is 1. The highest BCUT2D eigenvalue weighted by atomic mass is 35.5. The van der Waals surface area contributed by atoms with Crippen molar-refractivity contribution in [1.82, 2.24) is 14.9 Å². The number of hydrogen-bond acceptors (Lipinski definition) is 3. The second-order valence-corrected chi connectivity index (χ2v) is 7.12. The second kappa shape index (κ2) is 8.29. The summed E-state index contributed by atoms with van der Waals surface area (Å²) in [5.41, 5.74) is 1.89. The van der Waals surface area contributed by atoms with Gasteiger partial charge in [0.25, 0.3) is 11.5 Å². The Morgan fingerprint density at radius 3 is 2.34 bits per heavy atom. The molecule has 0 spiro atoms. The van der Waals surface area contributed by atoms with Crippen LogP contribution >= 0.6 is 11.6 Å². The number of benzene rings is 3. The molecular formula is C23H18ClN3O2. The number of nitrogens with zero attached hydrogens (tertiary/aromatic N) is 2. The van der Waals surface area contributed by atoms with E-state index in [1.54, 1.807) is 47.4 Å². The lowest BCUT2D eigenvalue weighted by Crippen LogP contribution is -2.31. The van der Waals surface area contributed by atoms with Crippen molar-refractivity contribution in [3.05, 3.63) is 111 Å². The Balaban J connectivity index is 1.69. The number of nitrogens with one attached hydrogen (secondary N) is 1. The first-order chi connectivity index (χ1) is 14.1. The summed E-state index contributed by atoms with van der Waals surface area (Å²) in [5.74, 6) is 0.295. The fourth-order valence-corrected chi connectivity index (χ4v) is 3.29. The topological polar surface area (TPSA) is 66.1 Å². The number of rotatable bonds is 5. The highest BCUT2D eigenvalue weighted by Gasteiger charge is 2.18. The van der Waals surface area contributed by atoms with Crippen molar-refractivity contribution in [1.29, 1.82) is 0 Å². The molecule has 0 radical (unpaired) electrons. The molecule has 0 aliphatic rings. The van der Waals surface area contributed by atoms with E-state index in [0.29, 0.717) is 33.9 Å². The summed E-state index contributed by atoms with van der Waals surface area (Å²) in [5, 5.41) is 1.16. The summed E-state index contributed by atoms with van der Waals surface area (Å²) in [6.45, 7) is 0.540. The lowest BCUT2D eigenvalue weighted by Gasteiger charge is -2.22. The van der Waals surface area contributed by atoms with Crippen molar-refractivity contribution in [3.8, 4) is 0 Å². The summed E-state index contributed by atoms with van der Waals surface area (Å²) in [6.07, 6.45) is 0. The fraction of sp³-hybridized carbons (Fsp3) is 0.0870. The molecule has 4 aromatic rings. The van der Waals surface area contributed by atoms with E-state index in [0.717, 1.165) is 5.56 Å². The van der Waals surface area contributed by atoms with E-state index in [1.165, 1.54) is 0 Å². The quantitative estimate of drug-likeness (QED) is 0.536. The number of amides is 1. The van der Waals surface area contributed by atoms with Gasteiger partial charge < -0.3 is 9.88 Å². The predicted molar refractivity (Wildman–Crippen MR) is 114 cm³/mol. The van der Waals surface area contributed by atoms with Gasteiger partial charge in [0.1, 0.15) is 5.82 Å². The zero-order chi connectivity index (χ0) is 20.2. The largest absolute Gasteiger partial charge is 0.327 e. The van der Waals surface area contributed by atoms with Crippen LogP contribution in [0.5, 0.6) is 0 Å². The molecule has 0 saturated carbocycles. The van der Waals surface area contributed by atoms with Crippen LogP contribution in [0.3, 0.4) is 0 Å². The maximum Gasteiger partial charge on any atom is 0.258 e. The van der Waals surface area contributed by atoms with Gasteiger partial charge >= 0.3 is 0 Å². The third-order valence-electron chi connectivity index (χ3n) is 4.60. The van der Waals surface area contributed by atoms with Crippen molar-refractivity contribution in [2.24, 2.45) is 0 Å². The van der Waals surface area contributed by atoms with Crippen molar-refractivity contribution in [2.75, 3.05) is 0 Å². The van der Waals surface area contributed by atoms with Gasteiger partial charge in [-0.15, -0.1) is 0 Å². The van der Waals surface area contributed by atoms with E-state index < -0.39 is 0 Å². The minimum atomic E-state index is -0.218. The van der Waals surface area contributed by atoms with Crippen LogP contribution in [-0.4, -0.2) is 20.8 Å². The fourth-order valence-electron chi connectivity index (χ4n) is 3.16. The molecule has 5 nitrogen and oxygen atoms in total. The van der Waals surface area contributed by atoms with Crippen LogP contribution in [0.2, 0.25) is 5.02 Å². The summed E-state index contributed by atoms with van der Waals surface area (Å²) < 4.78 is 0. The zero-order valence-corrected chi connectivity index (χ0v) is 16.3. The Bertz CT molecular complexity index is 1200. The van der Waals surface area contributed by atoms with Crippen LogP contribution in [0, 0.1) is 0 Å². The molecule has 0 aliphatic heterocycles. The van der Waals surface area contributed by atoms with E-state index in [1.807, 2.05) is 36.4 Å². The van der Waals surface area contributed by atoms with Crippen molar-refractivity contribution in [2.45, 2.75) is 13.1 Å². The van der Waals surface area contributed by atoms with Crippen molar-refractivity contribution < 1.29 is 4.79 Å². The van der Waals surface area contributed by atoms with E-state index in [-0.39, 0.29) is 18.0 Å². The van der Waals surface area contributed by atoms with Gasteiger partial charge in [-0.05, 0) is 42.0 Å². The maximum atomic E-state index is 13.1. The van der Waals surface area contributed by atoms with Crippen LogP contribution in [0.4, 0.5) is 0 Å². The van der Waals surface area contributed by atoms with Gasteiger partial charge in [-0.25, -0.2) is 4.98 Å². The highest BCUT2D eigenvalue weighted by molar-refractivity contribution is 6.30. The van der Waals surface area contributed by atoms with E-state index in [9.17, 15) is 9.59 Å². The minimum absolute atomic E-state index is 0.142. The van der Waals surface area contributed by atoms with Crippen LogP contribution in [-0.2, 0) is 13.1 Å². The van der Waals surface area contributed by atoms with E-state index in [2.05, 4.69) is 9.97 Å². The molecule has 29 heavy (non-hydrogen) atoms. The number of carbonyl (C=O) groups is 1. The predicted octanol–water partition coefficient (Wildman–Crippen LogP) is 4.42. The van der Waals surface area contributed by atoms with E-state index in [4.69, 9.17) is 11.6 Å². The van der Waals surface area contributed by atoms with Gasteiger partial charge in [0.2, 0.25) is 0 Å². The van der Waals surface area contributed by atoms with E-state index >= 15 is 0 Å². The van der Waals surface area contributed by atoms with Gasteiger partial charge in [0, 0.05) is 17.1 Å². The average Bonchev–Trinajstić information content (AvgIpc) is 2.75. The van der Waals surface area contributed by atoms with Gasteiger partial charge in [-0.1, -0.05) is 54.1 Å². The summed E-state index contributed by atoms with van der Waals surface area (Å²) in [7, 11) is 0. The molecule has 4 rings (SSSR count). The molecule has 1 amide bonds. The van der Waals surface area contributed by atoms with Gasteiger partial charge in [-0.2, -0.15) is 0 Å². The number of fused-ring (bicyclic) bond motifs is 1. The number of carbonyl (C=O) groups excluding carboxylic acids is 1. The van der Waals surface area contributed by atoms with Gasteiger partial charge in [0.05, 0.1) is 17.4 Å². The Hall–Kier alpha value is -3.44. The lowest BCUT2D eigenvalue weighted by atomic mass is 10.1. The minimum Gasteiger partial charge on any atom is -0.327 e. The number of hydrogen-bond donors (Lipinski definition) is 1. The molecular weight excluding hydrogens is 386 g/mol. The third-order valence-corrected chi connectivity index (χ3v) is 4.85. The summed E-state index contributed by atoms with van der Waals surface area (Å²) in [6, 6.07) is 23.5. The number of H-pyrrole nitrogens is 1. The monoisotopic (exact) mass is 403 g/mol. The summed E-state index contributed by atoms with van der Waals surface area (Å²) >= 11 is 5.98. The molecule has 144 valence electrons. The Labute approximate surface area is 172 Å². The first-order valence-corrected chi connectivity index (χ1v) is 9.54. The molecule has 1 aromatic heterocycles. The first-order valence-electron chi connectivity index (χ1n) is 9.17. The third kappa shape index (κ3) is 4.36. The highest BCUT2D eigenvalue weighted by Crippen LogP contribution is 2.16. The number of aromatic amines is 1. The van der Waals surface area contributed by atoms with Crippen LogP contribution in [0.1, 0.15) is 21.7 Å². The Morgan fingerprint density at radius 1 is 0.897 bits per heavy atom. The zero-order valence-electron chi connectivity index (χ0n) is 15.5. The SMILES string of the molecule is O=C(c1ccccc1)N(Cc1ccc(Cl)cc1)Cc1nc2ccccc2c(=O)[nH]1. The van der Waals surface area contributed by atoms with Crippen molar-refractivity contribution in [3.63, 3.8) is 0 Å². The molecule has 0 fully saturated rings. The van der Waals surface area contributed by atoms with Crippen LogP contribution in [0.25, 0.3) is 10.9 Å². The number of aromatic nitrogens is 2. The standard InChI is InChI=1S/C23H18ClN3O2/c24-18-12-10-16(11-13-18)14-27(23(29)17-6-2-1-3-7-17)15-21-25-20-9-5-4-8-19(20)22(28)26-21/h1-13H,14-15H2,(H,25,26,28).